The van der Waals surface area contributed by atoms with Crippen LogP contribution in [-0.2, 0) is 0 Å². The minimum Gasteiger partial charge on any atom is -0.215 e. The van der Waals surface area contributed by atoms with E-state index in [0.29, 0.717) is 0 Å². The molecule has 0 bridgehead atoms. The van der Waals surface area contributed by atoms with E-state index in [1.54, 1.807) is 0 Å². The Morgan fingerprint density at radius 3 is 2.00 bits per heavy atom. The lowest BCUT2D eigenvalue weighted by Crippen LogP contribution is -1.85. The third-order valence-corrected chi connectivity index (χ3v) is 1.02. The first kappa shape index (κ1) is 7.26. The van der Waals surface area contributed by atoms with Gasteiger partial charge < -0.3 is 0 Å². The molecule has 0 rings (SSSR count). The highest BCUT2D eigenvalue weighted by molar-refractivity contribution is 14.1. The van der Waals surface area contributed by atoms with E-state index in [1.807, 2.05) is 0 Å². The Morgan fingerprint density at radius 2 is 2.00 bits per heavy atom. The molecule has 7 heavy (non-hydrogen) atoms. The van der Waals surface area contributed by atoms with Gasteiger partial charge in [0.05, 0.1) is 3.58 Å². The molecule has 0 unspecified atom stereocenters. The van der Waals surface area contributed by atoms with Crippen molar-refractivity contribution in [2.75, 3.05) is 0 Å². The molecule has 0 aliphatic carbocycles. The SMILES string of the molecule is F/C=C(\I)C(F)F. The minimum atomic E-state index is -2.66. The van der Waals surface area contributed by atoms with Crippen molar-refractivity contribution in [1.82, 2.24) is 0 Å². The summed E-state index contributed by atoms with van der Waals surface area (Å²) in [6.07, 6.45) is -2.77. The molecule has 0 amide bonds. The molecule has 4 heteroatoms. The van der Waals surface area contributed by atoms with Gasteiger partial charge in [-0.25, -0.2) is 13.2 Å². The first-order valence-electron chi connectivity index (χ1n) is 1.42. The van der Waals surface area contributed by atoms with Gasteiger partial charge in [0.2, 0.25) is 0 Å². The summed E-state index contributed by atoms with van der Waals surface area (Å²) < 4.78 is 32.7. The largest absolute Gasteiger partial charge is 0.271 e. The molecule has 0 saturated carbocycles. The number of rotatable bonds is 1. The second-order valence-electron chi connectivity index (χ2n) is 0.795. The molecule has 0 aromatic carbocycles. The Hall–Kier alpha value is 0.260. The molecular weight excluding hydrogens is 220 g/mol. The van der Waals surface area contributed by atoms with Crippen molar-refractivity contribution in [3.8, 4) is 0 Å². The fraction of sp³-hybridized carbons (Fsp3) is 0.333. The van der Waals surface area contributed by atoms with E-state index >= 15 is 0 Å². The van der Waals surface area contributed by atoms with E-state index in [2.05, 4.69) is 0 Å². The van der Waals surface area contributed by atoms with Gasteiger partial charge in [0.25, 0.3) is 6.43 Å². The maximum Gasteiger partial charge on any atom is 0.271 e. The van der Waals surface area contributed by atoms with Crippen molar-refractivity contribution >= 4 is 22.6 Å². The predicted molar refractivity (Wildman–Crippen MR) is 29.2 cm³/mol. The predicted octanol–water partition coefficient (Wildman–Crippen LogP) is 2.50. The zero-order valence-corrected chi connectivity index (χ0v) is 5.32. The fourth-order valence-electron chi connectivity index (χ4n) is 0.0476. The maximum absolute atomic E-state index is 11.1. The van der Waals surface area contributed by atoms with Crippen LogP contribution in [0.1, 0.15) is 0 Å². The molecule has 0 saturated heterocycles. The number of hydrogen-bond donors (Lipinski definition) is 0. The first-order chi connectivity index (χ1) is 3.18. The molecule has 0 spiro atoms. The number of halogens is 4. The number of alkyl halides is 2. The molecule has 0 aliphatic rings. The Balaban J connectivity index is 3.56. The molecule has 0 nitrogen and oxygen atoms in total. The highest BCUT2D eigenvalue weighted by Gasteiger charge is 2.04. The van der Waals surface area contributed by atoms with Gasteiger partial charge in [-0.15, -0.1) is 0 Å². The normalized spacial score (nSPS) is 13.0. The van der Waals surface area contributed by atoms with E-state index in [-0.39, 0.29) is 6.33 Å². The van der Waals surface area contributed by atoms with Crippen LogP contribution in [0.4, 0.5) is 13.2 Å². The third kappa shape index (κ3) is 2.90. The highest BCUT2D eigenvalue weighted by atomic mass is 127. The summed E-state index contributed by atoms with van der Waals surface area (Å²) in [5, 5.41) is 0. The summed E-state index contributed by atoms with van der Waals surface area (Å²) in [5.74, 6) is 0. The quantitative estimate of drug-likeness (QED) is 0.598. The molecule has 0 aromatic rings. The summed E-state index contributed by atoms with van der Waals surface area (Å²) in [6, 6.07) is 0. The van der Waals surface area contributed by atoms with Crippen LogP contribution >= 0.6 is 22.6 Å². The van der Waals surface area contributed by atoms with Crippen LogP contribution in [0.5, 0.6) is 0 Å². The molecule has 0 atom stereocenters. The smallest absolute Gasteiger partial charge is 0.215 e. The average molecular weight is 222 g/mol. The molecule has 0 aromatic heterocycles. The van der Waals surface area contributed by atoms with Gasteiger partial charge in [-0.05, 0) is 22.6 Å². The van der Waals surface area contributed by atoms with Gasteiger partial charge in [0, 0.05) is 0 Å². The standard InChI is InChI=1S/C3H2F3I/c4-1-2(7)3(5)6/h1,3H/b2-1-. The van der Waals surface area contributed by atoms with Gasteiger partial charge in [0.15, 0.2) is 0 Å². The van der Waals surface area contributed by atoms with Crippen LogP contribution in [-0.4, -0.2) is 6.43 Å². The van der Waals surface area contributed by atoms with Crippen LogP contribution in [0.3, 0.4) is 0 Å². The second kappa shape index (κ2) is 3.29. The molecule has 42 valence electrons. The second-order valence-corrected chi connectivity index (χ2v) is 2.04. The Morgan fingerprint density at radius 1 is 1.57 bits per heavy atom. The minimum absolute atomic E-state index is 0.106. The third-order valence-electron chi connectivity index (χ3n) is 0.313. The molecule has 0 radical (unpaired) electrons. The zero-order chi connectivity index (χ0) is 5.86. The topological polar surface area (TPSA) is 0 Å². The molecule has 0 N–H and O–H groups in total. The van der Waals surface area contributed by atoms with E-state index in [9.17, 15) is 13.2 Å². The van der Waals surface area contributed by atoms with Gasteiger partial charge in [-0.1, -0.05) is 0 Å². The van der Waals surface area contributed by atoms with Crippen molar-refractivity contribution in [3.63, 3.8) is 0 Å². The van der Waals surface area contributed by atoms with Crippen molar-refractivity contribution in [2.24, 2.45) is 0 Å². The van der Waals surface area contributed by atoms with E-state index in [4.69, 9.17) is 0 Å². The monoisotopic (exact) mass is 222 g/mol. The van der Waals surface area contributed by atoms with Gasteiger partial charge in [-0.3, -0.25) is 0 Å². The number of allylic oxidation sites excluding steroid dienone is 1. The van der Waals surface area contributed by atoms with Crippen LogP contribution in [0.15, 0.2) is 9.91 Å². The van der Waals surface area contributed by atoms with Crippen molar-refractivity contribution in [2.45, 2.75) is 6.43 Å². The van der Waals surface area contributed by atoms with Crippen LogP contribution < -0.4 is 0 Å². The summed E-state index contributed by atoms with van der Waals surface area (Å²) >= 11 is 1.23. The van der Waals surface area contributed by atoms with Gasteiger partial charge in [0.1, 0.15) is 6.33 Å². The molecule has 0 fully saturated rings. The van der Waals surface area contributed by atoms with Crippen molar-refractivity contribution in [1.29, 1.82) is 0 Å². The Bertz CT molecular complexity index is 78.2. The van der Waals surface area contributed by atoms with Crippen molar-refractivity contribution < 1.29 is 13.2 Å². The summed E-state index contributed by atoms with van der Waals surface area (Å²) in [4.78, 5) is 0. The summed E-state index contributed by atoms with van der Waals surface area (Å²) in [5.41, 5.74) is 0. The zero-order valence-electron chi connectivity index (χ0n) is 3.17. The summed E-state index contributed by atoms with van der Waals surface area (Å²) in [6.45, 7) is 0. The van der Waals surface area contributed by atoms with E-state index < -0.39 is 10.0 Å². The Labute approximate surface area is 52.5 Å². The van der Waals surface area contributed by atoms with Gasteiger partial charge in [-0.2, -0.15) is 0 Å². The van der Waals surface area contributed by atoms with Crippen molar-refractivity contribution in [3.05, 3.63) is 9.91 Å². The average Bonchev–Trinajstić information content (AvgIpc) is 1.65. The van der Waals surface area contributed by atoms with E-state index in [1.165, 1.54) is 22.6 Å². The van der Waals surface area contributed by atoms with Crippen LogP contribution in [0, 0.1) is 0 Å². The maximum atomic E-state index is 11.1. The van der Waals surface area contributed by atoms with Gasteiger partial charge >= 0.3 is 0 Å². The fourth-order valence-corrected chi connectivity index (χ4v) is 0.0476. The first-order valence-corrected chi connectivity index (χ1v) is 2.50. The molecule has 0 heterocycles. The number of hydrogen-bond acceptors (Lipinski definition) is 0. The van der Waals surface area contributed by atoms with Crippen LogP contribution in [0.25, 0.3) is 0 Å². The summed E-state index contributed by atoms with van der Waals surface area (Å²) in [7, 11) is 0. The van der Waals surface area contributed by atoms with E-state index in [0.717, 1.165) is 0 Å². The lowest BCUT2D eigenvalue weighted by Gasteiger charge is -1.87. The molecule has 0 aliphatic heterocycles. The Kier molecular flexibility index (Phi) is 3.41. The lowest BCUT2D eigenvalue weighted by molar-refractivity contribution is 0.200. The molecular formula is C3H2F3I. The van der Waals surface area contributed by atoms with Crippen LogP contribution in [0.2, 0.25) is 0 Å². The highest BCUT2D eigenvalue weighted by Crippen LogP contribution is 2.15. The lowest BCUT2D eigenvalue weighted by atomic mass is 10.7.